The fourth-order valence-electron chi connectivity index (χ4n) is 2.61. The highest BCUT2D eigenvalue weighted by atomic mass is 19.1. The molecule has 1 aromatic carbocycles. The topological polar surface area (TPSA) is 51.0 Å². The Hall–Kier alpha value is -2.76. The number of halogens is 1. The highest BCUT2D eigenvalue weighted by molar-refractivity contribution is 5.80. The molecule has 2 aromatic heterocycles. The van der Waals surface area contributed by atoms with Gasteiger partial charge in [-0.2, -0.15) is 5.10 Å². The number of benzene rings is 1. The minimum absolute atomic E-state index is 0.0729. The smallest absolute Gasteiger partial charge is 0.244 e. The van der Waals surface area contributed by atoms with Crippen LogP contribution in [-0.2, 0) is 17.9 Å². The molecule has 0 atom stereocenters. The number of aryl methyl sites for hydroxylation is 2. The molecule has 6 heteroatoms. The number of carbonyl (C=O) groups is 1. The first-order valence-electron chi connectivity index (χ1n) is 7.71. The van der Waals surface area contributed by atoms with Crippen molar-refractivity contribution >= 4 is 16.9 Å². The first-order chi connectivity index (χ1) is 11.4. The van der Waals surface area contributed by atoms with Gasteiger partial charge >= 0.3 is 0 Å². The Labute approximate surface area is 139 Å². The molecule has 1 amide bonds. The summed E-state index contributed by atoms with van der Waals surface area (Å²) in [5, 5.41) is 5.13. The van der Waals surface area contributed by atoms with E-state index in [1.807, 2.05) is 19.9 Å². The first kappa shape index (κ1) is 16.1. The summed E-state index contributed by atoms with van der Waals surface area (Å²) >= 11 is 0. The molecule has 24 heavy (non-hydrogen) atoms. The second-order valence-corrected chi connectivity index (χ2v) is 6.07. The van der Waals surface area contributed by atoms with E-state index in [0.29, 0.717) is 11.2 Å². The van der Waals surface area contributed by atoms with Crippen LogP contribution in [0, 0.1) is 19.7 Å². The molecule has 2 heterocycles. The molecule has 0 N–H and O–H groups in total. The number of amides is 1. The van der Waals surface area contributed by atoms with Crippen LogP contribution in [0.25, 0.3) is 11.0 Å². The zero-order valence-electron chi connectivity index (χ0n) is 14.0. The van der Waals surface area contributed by atoms with Crippen molar-refractivity contribution in [3.8, 4) is 0 Å². The molecule has 0 saturated carbocycles. The lowest BCUT2D eigenvalue weighted by molar-refractivity contribution is -0.131. The van der Waals surface area contributed by atoms with Gasteiger partial charge in [-0.15, -0.1) is 0 Å². The summed E-state index contributed by atoms with van der Waals surface area (Å²) in [6.07, 6.45) is 3.44. The van der Waals surface area contributed by atoms with Crippen molar-refractivity contribution in [2.24, 2.45) is 0 Å². The number of carbonyl (C=O) groups excluding carboxylic acids is 1. The van der Waals surface area contributed by atoms with Crippen molar-refractivity contribution in [3.05, 3.63) is 59.2 Å². The summed E-state index contributed by atoms with van der Waals surface area (Å²) in [5.74, 6) is -0.454. The number of rotatable bonds is 4. The lowest BCUT2D eigenvalue weighted by Crippen LogP contribution is -2.30. The number of likely N-dealkylation sites (N-methyl/N-ethyl adjacent to an activating group) is 1. The summed E-state index contributed by atoms with van der Waals surface area (Å²) in [6, 6.07) is 6.87. The van der Waals surface area contributed by atoms with Crippen LogP contribution < -0.4 is 0 Å². The van der Waals surface area contributed by atoms with E-state index in [4.69, 9.17) is 0 Å². The Bertz CT molecular complexity index is 903. The number of nitrogens with zero attached hydrogens (tertiary/aromatic N) is 4. The molecule has 0 aliphatic heterocycles. The summed E-state index contributed by atoms with van der Waals surface area (Å²) in [7, 11) is 1.66. The maximum Gasteiger partial charge on any atom is 0.244 e. The van der Waals surface area contributed by atoms with Crippen molar-refractivity contribution in [3.63, 3.8) is 0 Å². The molecule has 0 bridgehead atoms. The van der Waals surface area contributed by atoms with Gasteiger partial charge in [0, 0.05) is 30.7 Å². The van der Waals surface area contributed by atoms with Crippen LogP contribution in [0.1, 0.15) is 16.7 Å². The number of pyridine rings is 1. The van der Waals surface area contributed by atoms with Gasteiger partial charge in [-0.3, -0.25) is 4.79 Å². The van der Waals surface area contributed by atoms with Crippen molar-refractivity contribution in [2.45, 2.75) is 26.9 Å². The zero-order valence-corrected chi connectivity index (χ0v) is 14.0. The van der Waals surface area contributed by atoms with Gasteiger partial charge in [0.05, 0.1) is 6.20 Å². The van der Waals surface area contributed by atoms with Crippen LogP contribution in [0.15, 0.2) is 36.7 Å². The van der Waals surface area contributed by atoms with Gasteiger partial charge in [0.1, 0.15) is 12.4 Å². The van der Waals surface area contributed by atoms with Crippen molar-refractivity contribution < 1.29 is 9.18 Å². The largest absolute Gasteiger partial charge is 0.340 e. The van der Waals surface area contributed by atoms with Gasteiger partial charge < -0.3 is 4.90 Å². The lowest BCUT2D eigenvalue weighted by atomic mass is 10.1. The van der Waals surface area contributed by atoms with E-state index >= 15 is 0 Å². The molecule has 3 rings (SSSR count). The second-order valence-electron chi connectivity index (χ2n) is 6.07. The van der Waals surface area contributed by atoms with Gasteiger partial charge in [0.2, 0.25) is 5.91 Å². The molecule has 0 unspecified atom stereocenters. The highest BCUT2D eigenvalue weighted by Crippen LogP contribution is 2.14. The predicted molar refractivity (Wildman–Crippen MR) is 89.9 cm³/mol. The Morgan fingerprint density at radius 3 is 2.79 bits per heavy atom. The van der Waals surface area contributed by atoms with E-state index in [1.54, 1.807) is 36.3 Å². The number of fused-ring (bicyclic) bond motifs is 1. The van der Waals surface area contributed by atoms with Crippen LogP contribution in [0.4, 0.5) is 4.39 Å². The lowest BCUT2D eigenvalue weighted by Gasteiger charge is -2.18. The molecule has 0 aliphatic rings. The average molecular weight is 326 g/mol. The number of hydrogen-bond donors (Lipinski definition) is 0. The third kappa shape index (κ3) is 3.27. The van der Waals surface area contributed by atoms with Crippen LogP contribution >= 0.6 is 0 Å². The van der Waals surface area contributed by atoms with E-state index in [-0.39, 0.29) is 24.8 Å². The Morgan fingerprint density at radius 2 is 2.00 bits per heavy atom. The third-order valence-corrected chi connectivity index (χ3v) is 3.93. The fraction of sp³-hybridized carbons (Fsp3) is 0.278. The number of hydrogen-bond acceptors (Lipinski definition) is 3. The minimum Gasteiger partial charge on any atom is -0.340 e. The Kier molecular flexibility index (Phi) is 4.29. The van der Waals surface area contributed by atoms with Crippen molar-refractivity contribution in [1.29, 1.82) is 0 Å². The molecule has 3 aromatic rings. The van der Waals surface area contributed by atoms with E-state index < -0.39 is 0 Å². The molecule has 124 valence electrons. The predicted octanol–water partition coefficient (Wildman–Crippen LogP) is 2.85. The Morgan fingerprint density at radius 1 is 1.21 bits per heavy atom. The van der Waals surface area contributed by atoms with Gasteiger partial charge in [-0.1, -0.05) is 17.7 Å². The fourth-order valence-corrected chi connectivity index (χ4v) is 2.61. The molecular formula is C18H19FN4O. The molecule has 0 aliphatic carbocycles. The van der Waals surface area contributed by atoms with Crippen LogP contribution in [-0.4, -0.2) is 32.6 Å². The van der Waals surface area contributed by atoms with Gasteiger partial charge in [-0.25, -0.2) is 14.1 Å². The SMILES string of the molecule is Cc1ccc(F)c(CN(C)C(=O)Cn2ncc3cc(C)cnc32)c1. The van der Waals surface area contributed by atoms with Crippen LogP contribution in [0.5, 0.6) is 0 Å². The summed E-state index contributed by atoms with van der Waals surface area (Å²) in [5.41, 5.74) is 3.18. The minimum atomic E-state index is -0.304. The monoisotopic (exact) mass is 326 g/mol. The molecule has 0 spiro atoms. The molecule has 0 fully saturated rings. The van der Waals surface area contributed by atoms with Crippen molar-refractivity contribution in [1.82, 2.24) is 19.7 Å². The normalized spacial score (nSPS) is 11.0. The Balaban J connectivity index is 1.75. The van der Waals surface area contributed by atoms with E-state index in [9.17, 15) is 9.18 Å². The second kappa shape index (κ2) is 6.39. The summed E-state index contributed by atoms with van der Waals surface area (Å²) in [4.78, 5) is 18.3. The first-order valence-corrected chi connectivity index (χ1v) is 7.71. The summed E-state index contributed by atoms with van der Waals surface area (Å²) < 4.78 is 15.4. The van der Waals surface area contributed by atoms with Crippen LogP contribution in [0.2, 0.25) is 0 Å². The highest BCUT2D eigenvalue weighted by Gasteiger charge is 2.15. The van der Waals surface area contributed by atoms with Crippen molar-refractivity contribution in [2.75, 3.05) is 7.05 Å². The van der Waals surface area contributed by atoms with E-state index in [2.05, 4.69) is 10.1 Å². The standard InChI is InChI=1S/C18H19FN4O/c1-12-4-5-16(19)15(6-12)10-22(3)17(24)11-23-18-14(9-21-23)7-13(2)8-20-18/h4-9H,10-11H2,1-3H3. The molecule has 0 radical (unpaired) electrons. The van der Waals surface area contributed by atoms with E-state index in [1.165, 1.54) is 11.0 Å². The molecule has 0 saturated heterocycles. The average Bonchev–Trinajstić information content (AvgIpc) is 2.92. The van der Waals surface area contributed by atoms with Crippen LogP contribution in [0.3, 0.4) is 0 Å². The van der Waals surface area contributed by atoms with Gasteiger partial charge in [0.15, 0.2) is 5.65 Å². The van der Waals surface area contributed by atoms with Gasteiger partial charge in [0.25, 0.3) is 0 Å². The maximum atomic E-state index is 13.9. The van der Waals surface area contributed by atoms with Gasteiger partial charge in [-0.05, 0) is 31.5 Å². The zero-order chi connectivity index (χ0) is 17.3. The molecule has 5 nitrogen and oxygen atoms in total. The third-order valence-electron chi connectivity index (χ3n) is 3.93. The quantitative estimate of drug-likeness (QED) is 0.741. The van der Waals surface area contributed by atoms with E-state index in [0.717, 1.165) is 16.5 Å². The number of aromatic nitrogens is 3. The summed E-state index contributed by atoms with van der Waals surface area (Å²) in [6.45, 7) is 4.15. The molecular weight excluding hydrogens is 307 g/mol. The maximum absolute atomic E-state index is 13.9.